The lowest BCUT2D eigenvalue weighted by Gasteiger charge is -2.40. The number of thiazole rings is 1. The number of carbonyl (C=O) groups excluding carboxylic acids is 3. The fourth-order valence-corrected chi connectivity index (χ4v) is 13.9. The highest BCUT2D eigenvalue weighted by Gasteiger charge is 2.48. The summed E-state index contributed by atoms with van der Waals surface area (Å²) in [6.07, 6.45) is 3.99. The quantitative estimate of drug-likeness (QED) is 0.0524. The average molecular weight is 1220 g/mol. The lowest BCUT2D eigenvalue weighted by Crippen LogP contribution is -2.58. The van der Waals surface area contributed by atoms with E-state index in [0.717, 1.165) is 23.4 Å². The third-order valence-corrected chi connectivity index (χ3v) is 18.8. The fourth-order valence-electron chi connectivity index (χ4n) is 13.1. The van der Waals surface area contributed by atoms with Crippen molar-refractivity contribution in [3.8, 4) is 33.5 Å². The van der Waals surface area contributed by atoms with Crippen LogP contribution in [0.1, 0.15) is 102 Å². The molecule has 4 N–H and O–H groups in total. The molecule has 6 aromatic rings. The van der Waals surface area contributed by atoms with E-state index in [1.807, 2.05) is 18.7 Å². The number of amides is 4. The number of likely N-dealkylation sites (tertiary alicyclic amines) is 2. The number of piperidine rings is 1. The number of halogens is 3. The van der Waals surface area contributed by atoms with Crippen LogP contribution in [-0.4, -0.2) is 171 Å². The highest BCUT2D eigenvalue weighted by Crippen LogP contribution is 2.48. The Morgan fingerprint density at radius 1 is 0.920 bits per heavy atom. The molecule has 1 saturated carbocycles. The SMILES string of the molecule is CCc1c(F)ccc2cc(OCOC)cc(-c3ncc4c(N5CC6CCC(C5)N6C(=O)O)nc(OCC5(CN6CCC(OCC(=O)N[C@H](C(=O)N7C[C@H](O)C[C@H]7C(=O)N[C@@H](C)c7ccc(-c8scnc8C)cc7F)C(C)(C)C)CC6)CC5)nc4c3F)c12. The summed E-state index contributed by atoms with van der Waals surface area (Å²) >= 11 is 1.41. The molecule has 20 nitrogen and oxygen atoms in total. The molecule has 5 fully saturated rings. The molecule has 3 aromatic heterocycles. The third-order valence-electron chi connectivity index (χ3n) is 17.9. The van der Waals surface area contributed by atoms with Crippen LogP contribution < -0.4 is 25.0 Å². The number of aromatic nitrogens is 4. The topological polar surface area (TPSA) is 234 Å². The van der Waals surface area contributed by atoms with E-state index < -0.39 is 70.9 Å². The molecule has 4 saturated heterocycles. The number of nitrogens with zero attached hydrogens (tertiary/aromatic N) is 8. The van der Waals surface area contributed by atoms with Crippen molar-refractivity contribution >= 4 is 62.6 Å². The number of β-amino-alcohol motifs (C(OH)–C–C–N with tert-alkyl or cyclic N) is 1. The molecule has 87 heavy (non-hydrogen) atoms. The van der Waals surface area contributed by atoms with Crippen LogP contribution >= 0.6 is 11.3 Å². The first-order chi connectivity index (χ1) is 41.6. The Morgan fingerprint density at radius 3 is 2.32 bits per heavy atom. The molecule has 0 radical (unpaired) electrons. The summed E-state index contributed by atoms with van der Waals surface area (Å²) in [5.41, 5.74) is 2.97. The average Bonchev–Trinajstić information content (AvgIpc) is 1.22. The number of nitrogens with one attached hydrogen (secondary N) is 2. The molecule has 4 amide bonds. The zero-order valence-electron chi connectivity index (χ0n) is 50.0. The molecule has 7 heterocycles. The first kappa shape index (κ1) is 61.4. The van der Waals surface area contributed by atoms with Gasteiger partial charge < -0.3 is 54.5 Å². The van der Waals surface area contributed by atoms with Crippen molar-refractivity contribution in [1.82, 2.24) is 45.3 Å². The van der Waals surface area contributed by atoms with E-state index in [0.29, 0.717) is 109 Å². The maximum atomic E-state index is 17.6. The van der Waals surface area contributed by atoms with Crippen LogP contribution in [0, 0.1) is 35.2 Å². The van der Waals surface area contributed by atoms with Crippen molar-refractivity contribution in [1.29, 1.82) is 0 Å². The van der Waals surface area contributed by atoms with Crippen molar-refractivity contribution in [2.24, 2.45) is 10.8 Å². The van der Waals surface area contributed by atoms with Gasteiger partial charge in [-0.15, -0.1) is 11.3 Å². The minimum Gasteiger partial charge on any atom is -0.468 e. The van der Waals surface area contributed by atoms with Crippen molar-refractivity contribution in [2.75, 3.05) is 71.3 Å². The van der Waals surface area contributed by atoms with Gasteiger partial charge in [-0.25, -0.2) is 22.9 Å². The Morgan fingerprint density at radius 2 is 1.67 bits per heavy atom. The number of ether oxygens (including phenoxy) is 4. The number of benzene rings is 3. The second-order valence-corrected chi connectivity index (χ2v) is 25.9. The van der Waals surface area contributed by atoms with E-state index in [1.54, 1.807) is 63.5 Å². The van der Waals surface area contributed by atoms with Crippen LogP contribution in [0.5, 0.6) is 11.8 Å². The lowest BCUT2D eigenvalue weighted by molar-refractivity contribution is -0.145. The molecule has 0 spiro atoms. The van der Waals surface area contributed by atoms with E-state index >= 15 is 13.2 Å². The van der Waals surface area contributed by atoms with Gasteiger partial charge in [-0.05, 0) is 110 Å². The highest BCUT2D eigenvalue weighted by atomic mass is 32.1. The zero-order chi connectivity index (χ0) is 61.6. The Hall–Kier alpha value is -7.25. The van der Waals surface area contributed by atoms with Crippen LogP contribution in [-0.2, 0) is 30.3 Å². The summed E-state index contributed by atoms with van der Waals surface area (Å²) in [7, 11) is 1.49. The van der Waals surface area contributed by atoms with E-state index in [-0.39, 0.29) is 79.4 Å². The smallest absolute Gasteiger partial charge is 0.407 e. The van der Waals surface area contributed by atoms with Crippen molar-refractivity contribution < 1.29 is 61.5 Å². The first-order valence-electron chi connectivity index (χ1n) is 29.9. The van der Waals surface area contributed by atoms with Gasteiger partial charge in [0.25, 0.3) is 0 Å². The predicted octanol–water partition coefficient (Wildman–Crippen LogP) is 8.58. The van der Waals surface area contributed by atoms with Gasteiger partial charge in [0.05, 0.1) is 58.4 Å². The molecule has 2 unspecified atom stereocenters. The number of aryl methyl sites for hydroxylation is 2. The van der Waals surface area contributed by atoms with Gasteiger partial charge in [0, 0.05) is 75.5 Å². The summed E-state index contributed by atoms with van der Waals surface area (Å²) in [6, 6.07) is 7.69. The molecule has 464 valence electrons. The third kappa shape index (κ3) is 12.9. The van der Waals surface area contributed by atoms with E-state index in [1.165, 1.54) is 46.6 Å². The summed E-state index contributed by atoms with van der Waals surface area (Å²) in [5.74, 6) is -2.52. The van der Waals surface area contributed by atoms with Gasteiger partial charge in [0.1, 0.15) is 53.1 Å². The molecule has 1 aliphatic carbocycles. The normalized spacial score (nSPS) is 21.1. The number of anilines is 1. The van der Waals surface area contributed by atoms with Crippen LogP contribution in [0.2, 0.25) is 0 Å². The number of carbonyl (C=O) groups is 4. The van der Waals surface area contributed by atoms with Crippen molar-refractivity contribution in [2.45, 2.75) is 135 Å². The summed E-state index contributed by atoms with van der Waals surface area (Å²) in [5, 5.41) is 28.0. The predicted molar refractivity (Wildman–Crippen MR) is 320 cm³/mol. The standard InChI is InChI=1S/C63H75F3N10O10S/c1-8-43-47(64)14-10-36-21-42(86-33-83-7)24-45(51(36)43)53-52(66)54-46(25-67-53)57(74-26-38-11-12-39(27-74)76(38)61(81)82)72-60(71-54)85-31-63(17-18-63)30-73-19-15-41(16-20-73)84-29-50(78)70-56(62(4,5)6)59(80)75-28-40(77)23-49(75)58(79)69-34(2)44-13-9-37(22-48(44)65)55-35(3)68-32-87-55/h9-10,13-14,21-22,24-25,32,34,38-41,49,56,77H,8,11-12,15-20,23,26-31,33H2,1-7H3,(H,69,79)(H,70,78)(H,81,82)/t34-,38?,39?,40+,49-,56+/m0/s1. The van der Waals surface area contributed by atoms with E-state index in [4.69, 9.17) is 28.9 Å². The number of carboxylic acid groups (broad SMARTS) is 1. The number of aliphatic hydroxyl groups is 1. The Labute approximate surface area is 506 Å². The molecular weight excluding hydrogens is 1150 g/mol. The van der Waals surface area contributed by atoms with Gasteiger partial charge in [-0.1, -0.05) is 45.9 Å². The number of methoxy groups -OCH3 is 1. The van der Waals surface area contributed by atoms with Crippen LogP contribution in [0.3, 0.4) is 0 Å². The van der Waals surface area contributed by atoms with Gasteiger partial charge in [0.2, 0.25) is 17.7 Å². The van der Waals surface area contributed by atoms with Gasteiger partial charge in [-0.2, -0.15) is 9.97 Å². The molecule has 2 bridgehead atoms. The Bertz CT molecular complexity index is 3580. The molecule has 24 heteroatoms. The number of rotatable bonds is 20. The number of hydrogen-bond acceptors (Lipinski definition) is 16. The first-order valence-corrected chi connectivity index (χ1v) is 30.7. The monoisotopic (exact) mass is 1220 g/mol. The fraction of sp³-hybridized carbons (Fsp3) is 0.524. The summed E-state index contributed by atoms with van der Waals surface area (Å²) in [6.45, 7) is 13.2. The van der Waals surface area contributed by atoms with Crippen molar-refractivity contribution in [3.63, 3.8) is 0 Å². The van der Waals surface area contributed by atoms with Crippen LogP contribution in [0.25, 0.3) is 43.4 Å². The lowest BCUT2D eigenvalue weighted by atomic mass is 9.85. The number of aliphatic hydroxyl groups excluding tert-OH is 1. The number of piperazine rings is 1. The van der Waals surface area contributed by atoms with Crippen LogP contribution in [0.4, 0.5) is 23.8 Å². The summed E-state index contributed by atoms with van der Waals surface area (Å²) in [4.78, 5) is 80.7. The maximum Gasteiger partial charge on any atom is 0.407 e. The molecular formula is C63H75F3N10O10S. The molecule has 5 aliphatic rings. The van der Waals surface area contributed by atoms with E-state index in [9.17, 15) is 29.4 Å². The molecule has 3 aromatic carbocycles. The van der Waals surface area contributed by atoms with Gasteiger partial charge in [-0.3, -0.25) is 24.3 Å². The van der Waals surface area contributed by atoms with Crippen LogP contribution in [0.15, 0.2) is 54.2 Å². The molecule has 6 atom stereocenters. The Balaban J connectivity index is 0.727. The largest absolute Gasteiger partial charge is 0.468 e. The second-order valence-electron chi connectivity index (χ2n) is 25.1. The highest BCUT2D eigenvalue weighted by molar-refractivity contribution is 7.13. The maximum absolute atomic E-state index is 17.6. The zero-order valence-corrected chi connectivity index (χ0v) is 50.9. The molecule has 11 rings (SSSR count). The Kier molecular flexibility index (Phi) is 17.7. The minimum absolute atomic E-state index is 0.0261. The van der Waals surface area contributed by atoms with E-state index in [2.05, 4.69) is 25.5 Å². The summed E-state index contributed by atoms with van der Waals surface area (Å²) < 4.78 is 72.2. The number of pyridine rings is 1. The van der Waals surface area contributed by atoms with Gasteiger partial charge in [0.15, 0.2) is 12.6 Å². The molecule has 4 aliphatic heterocycles. The second kappa shape index (κ2) is 25.1. The van der Waals surface area contributed by atoms with Gasteiger partial charge >= 0.3 is 12.1 Å². The number of fused-ring (bicyclic) bond motifs is 4. The minimum atomic E-state index is -1.07. The van der Waals surface area contributed by atoms with Crippen molar-refractivity contribution in [3.05, 3.63) is 88.4 Å². The number of hydrogen-bond donors (Lipinski definition) is 4.